The minimum atomic E-state index is -0.891. The first-order chi connectivity index (χ1) is 6.20. The van der Waals surface area contributed by atoms with Gasteiger partial charge in [-0.25, -0.2) is 4.79 Å². The number of carbonyl (C=O) groups excluding carboxylic acids is 1. The number of hydrogen-bond acceptors (Lipinski definition) is 4. The molecule has 0 aliphatic rings. The summed E-state index contributed by atoms with van der Waals surface area (Å²) < 4.78 is 9.68. The van der Waals surface area contributed by atoms with E-state index >= 15 is 0 Å². The molecule has 0 saturated heterocycles. The van der Waals surface area contributed by atoms with Crippen molar-refractivity contribution in [2.45, 2.75) is 25.9 Å². The maximum atomic E-state index is 10.3. The smallest absolute Gasteiger partial charge is 0.404 e. The van der Waals surface area contributed by atoms with Crippen LogP contribution in [0.4, 0.5) is 4.79 Å². The first-order valence-electron chi connectivity index (χ1n) is 4.35. The number of aliphatic hydroxyl groups is 1. The second-order valence-corrected chi connectivity index (χ2v) is 2.67. The summed E-state index contributed by atoms with van der Waals surface area (Å²) in [7, 11) is 0. The lowest BCUT2D eigenvalue weighted by molar-refractivity contribution is -0.00438. The second kappa shape index (κ2) is 7.82. The lowest BCUT2D eigenvalue weighted by Gasteiger charge is -2.13. The largest absolute Gasteiger partial charge is 0.441 e. The second-order valence-electron chi connectivity index (χ2n) is 2.67. The fraction of sp³-hybridized carbons (Fsp3) is 0.875. The van der Waals surface area contributed by atoms with Gasteiger partial charge in [0.25, 0.3) is 0 Å². The number of unbranched alkanes of at least 4 members (excludes halogenated alkanes) is 1. The lowest BCUT2D eigenvalue weighted by Crippen LogP contribution is -2.29. The van der Waals surface area contributed by atoms with E-state index in [1.165, 1.54) is 0 Å². The molecule has 0 aliphatic heterocycles. The van der Waals surface area contributed by atoms with Crippen molar-refractivity contribution in [1.29, 1.82) is 0 Å². The lowest BCUT2D eigenvalue weighted by atomic mass is 10.3. The van der Waals surface area contributed by atoms with Crippen LogP contribution >= 0.6 is 0 Å². The van der Waals surface area contributed by atoms with Gasteiger partial charge in [-0.15, -0.1) is 0 Å². The number of nitrogens with two attached hydrogens (primary N) is 1. The molecule has 0 fully saturated rings. The maximum Gasteiger partial charge on any atom is 0.404 e. The number of hydrogen-bond donors (Lipinski definition) is 2. The van der Waals surface area contributed by atoms with Gasteiger partial charge in [-0.2, -0.15) is 0 Å². The van der Waals surface area contributed by atoms with Gasteiger partial charge in [0.15, 0.2) is 0 Å². The third-order valence-electron chi connectivity index (χ3n) is 1.43. The number of ether oxygens (including phenoxy) is 2. The van der Waals surface area contributed by atoms with Gasteiger partial charge in [0, 0.05) is 6.61 Å². The molecule has 5 nitrogen and oxygen atoms in total. The number of primary amides is 1. The minimum Gasteiger partial charge on any atom is -0.441 e. The summed E-state index contributed by atoms with van der Waals surface area (Å²) in [6.07, 6.45) is 0.461. The Morgan fingerprint density at radius 2 is 2.31 bits per heavy atom. The average Bonchev–Trinajstić information content (AvgIpc) is 2.09. The molecule has 0 radical (unpaired) electrons. The van der Waals surface area contributed by atoms with Gasteiger partial charge in [-0.05, 0) is 6.42 Å². The quantitative estimate of drug-likeness (QED) is 0.565. The summed E-state index contributed by atoms with van der Waals surface area (Å²) >= 11 is 0. The highest BCUT2D eigenvalue weighted by molar-refractivity contribution is 5.64. The normalized spacial score (nSPS) is 12.5. The summed E-state index contributed by atoms with van der Waals surface area (Å²) in [6.45, 7) is 2.58. The summed E-state index contributed by atoms with van der Waals surface area (Å²) in [5.41, 5.74) is 4.77. The fourth-order valence-electron chi connectivity index (χ4n) is 0.749. The highest BCUT2D eigenvalue weighted by Crippen LogP contribution is 1.94. The van der Waals surface area contributed by atoms with Gasteiger partial charge in [-0.3, -0.25) is 0 Å². The molecule has 5 heteroatoms. The van der Waals surface area contributed by atoms with Gasteiger partial charge >= 0.3 is 6.09 Å². The number of aliphatic hydroxyl groups excluding tert-OH is 1. The SMILES string of the molecule is CCCCOCC(CO)OC(N)=O. The summed E-state index contributed by atoms with van der Waals surface area (Å²) in [5, 5.41) is 8.72. The Hall–Kier alpha value is -0.810. The van der Waals surface area contributed by atoms with Crippen LogP contribution in [0.25, 0.3) is 0 Å². The highest BCUT2D eigenvalue weighted by atomic mass is 16.6. The molecule has 0 heterocycles. The zero-order chi connectivity index (χ0) is 10.1. The third-order valence-corrected chi connectivity index (χ3v) is 1.43. The van der Waals surface area contributed by atoms with E-state index in [0.717, 1.165) is 12.8 Å². The first-order valence-corrected chi connectivity index (χ1v) is 4.35. The Labute approximate surface area is 77.8 Å². The topological polar surface area (TPSA) is 81.8 Å². The van der Waals surface area contributed by atoms with Crippen molar-refractivity contribution in [3.63, 3.8) is 0 Å². The fourth-order valence-corrected chi connectivity index (χ4v) is 0.749. The van der Waals surface area contributed by atoms with E-state index in [1.54, 1.807) is 0 Å². The van der Waals surface area contributed by atoms with Gasteiger partial charge < -0.3 is 20.3 Å². The predicted octanol–water partition coefficient (Wildman–Crippen LogP) is 0.259. The van der Waals surface area contributed by atoms with E-state index in [9.17, 15) is 4.79 Å². The van der Waals surface area contributed by atoms with Crippen molar-refractivity contribution in [2.75, 3.05) is 19.8 Å². The Kier molecular flexibility index (Phi) is 7.33. The molecular formula is C8H17NO4. The van der Waals surface area contributed by atoms with Gasteiger partial charge in [0.1, 0.15) is 6.10 Å². The molecule has 0 aromatic heterocycles. The zero-order valence-corrected chi connectivity index (χ0v) is 7.86. The van der Waals surface area contributed by atoms with E-state index in [0.29, 0.717) is 6.61 Å². The van der Waals surface area contributed by atoms with Crippen LogP contribution in [0.15, 0.2) is 0 Å². The van der Waals surface area contributed by atoms with Crippen LogP contribution in [0.1, 0.15) is 19.8 Å². The molecular weight excluding hydrogens is 174 g/mol. The van der Waals surface area contributed by atoms with Crippen LogP contribution in [0.3, 0.4) is 0 Å². The first kappa shape index (κ1) is 12.2. The standard InChI is InChI=1S/C8H17NO4/c1-2-3-4-12-6-7(5-10)13-8(9)11/h7,10H,2-6H2,1H3,(H2,9,11). The van der Waals surface area contributed by atoms with Crippen molar-refractivity contribution in [3.05, 3.63) is 0 Å². The number of carbonyl (C=O) groups is 1. The van der Waals surface area contributed by atoms with Crippen LogP contribution in [0.5, 0.6) is 0 Å². The molecule has 0 rings (SSSR count). The monoisotopic (exact) mass is 191 g/mol. The van der Waals surface area contributed by atoms with Crippen LogP contribution in [-0.4, -0.2) is 37.1 Å². The van der Waals surface area contributed by atoms with Gasteiger partial charge in [0.2, 0.25) is 0 Å². The highest BCUT2D eigenvalue weighted by Gasteiger charge is 2.10. The molecule has 0 spiro atoms. The van der Waals surface area contributed by atoms with Crippen molar-refractivity contribution in [3.8, 4) is 0 Å². The molecule has 3 N–H and O–H groups in total. The van der Waals surface area contributed by atoms with E-state index in [4.69, 9.17) is 15.6 Å². The molecule has 1 unspecified atom stereocenters. The number of amides is 1. The van der Waals surface area contributed by atoms with Crippen molar-refractivity contribution >= 4 is 6.09 Å². The molecule has 0 aromatic rings. The molecule has 0 aromatic carbocycles. The van der Waals surface area contributed by atoms with Crippen molar-refractivity contribution < 1.29 is 19.4 Å². The van der Waals surface area contributed by atoms with E-state index in [2.05, 4.69) is 4.74 Å². The molecule has 1 atom stereocenters. The average molecular weight is 191 g/mol. The maximum absolute atomic E-state index is 10.3. The zero-order valence-electron chi connectivity index (χ0n) is 7.86. The van der Waals surface area contributed by atoms with E-state index < -0.39 is 12.2 Å². The number of rotatable bonds is 7. The molecule has 0 bridgehead atoms. The Morgan fingerprint density at radius 1 is 1.62 bits per heavy atom. The molecule has 0 saturated carbocycles. The molecule has 78 valence electrons. The van der Waals surface area contributed by atoms with E-state index in [1.807, 2.05) is 6.92 Å². The van der Waals surface area contributed by atoms with Crippen LogP contribution in [0, 0.1) is 0 Å². The van der Waals surface area contributed by atoms with E-state index in [-0.39, 0.29) is 13.2 Å². The summed E-state index contributed by atoms with van der Waals surface area (Å²) in [6, 6.07) is 0. The molecule has 1 amide bonds. The van der Waals surface area contributed by atoms with Gasteiger partial charge in [-0.1, -0.05) is 13.3 Å². The van der Waals surface area contributed by atoms with Crippen molar-refractivity contribution in [1.82, 2.24) is 0 Å². The van der Waals surface area contributed by atoms with Crippen LogP contribution < -0.4 is 5.73 Å². The van der Waals surface area contributed by atoms with Crippen molar-refractivity contribution in [2.24, 2.45) is 5.73 Å². The Bertz CT molecular complexity index is 140. The predicted molar refractivity (Wildman–Crippen MR) is 47.3 cm³/mol. The molecule has 13 heavy (non-hydrogen) atoms. The van der Waals surface area contributed by atoms with Gasteiger partial charge in [0.05, 0.1) is 13.2 Å². The minimum absolute atomic E-state index is 0.194. The summed E-state index contributed by atoms with van der Waals surface area (Å²) in [4.78, 5) is 10.3. The Balaban J connectivity index is 3.42. The summed E-state index contributed by atoms with van der Waals surface area (Å²) in [5.74, 6) is 0. The van der Waals surface area contributed by atoms with Crippen LogP contribution in [0.2, 0.25) is 0 Å². The van der Waals surface area contributed by atoms with Crippen LogP contribution in [-0.2, 0) is 9.47 Å². The molecule has 0 aliphatic carbocycles. The third kappa shape index (κ3) is 7.55. The Morgan fingerprint density at radius 3 is 2.77 bits per heavy atom.